The first-order valence-electron chi connectivity index (χ1n) is 9.70. The molecule has 0 saturated heterocycles. The number of aromatic amines is 2. The number of pyridine rings is 2. The molecule has 0 aliphatic carbocycles. The summed E-state index contributed by atoms with van der Waals surface area (Å²) in [5.74, 6) is 0.662. The molecular weight excluding hydrogens is 390 g/mol. The van der Waals surface area contributed by atoms with E-state index in [4.69, 9.17) is 10.7 Å². The van der Waals surface area contributed by atoms with Crippen LogP contribution < -0.4 is 5.73 Å². The van der Waals surface area contributed by atoms with E-state index in [9.17, 15) is 0 Å². The molecule has 150 valence electrons. The van der Waals surface area contributed by atoms with Crippen LogP contribution in [-0.4, -0.2) is 39.7 Å². The zero-order valence-corrected chi connectivity index (χ0v) is 16.5. The van der Waals surface area contributed by atoms with Gasteiger partial charge in [0.1, 0.15) is 11.2 Å². The number of anilines is 1. The van der Waals surface area contributed by atoms with E-state index in [-0.39, 0.29) is 0 Å². The Balaban J connectivity index is 1.51. The number of nitrogens with zero attached hydrogens (tertiary/aromatic N) is 6. The number of imidazole rings is 2. The summed E-state index contributed by atoms with van der Waals surface area (Å²) in [6.45, 7) is 1.95. The minimum atomic E-state index is 0.622. The second-order valence-corrected chi connectivity index (χ2v) is 7.40. The second kappa shape index (κ2) is 6.49. The Morgan fingerprint density at radius 1 is 0.968 bits per heavy atom. The van der Waals surface area contributed by atoms with Crippen molar-refractivity contribution in [3.63, 3.8) is 0 Å². The maximum Gasteiger partial charge on any atom is 0.159 e. The molecule has 0 fully saturated rings. The highest BCUT2D eigenvalue weighted by Gasteiger charge is 2.16. The number of nitrogens with one attached hydrogen (secondary N) is 2. The molecule has 0 aliphatic rings. The van der Waals surface area contributed by atoms with Crippen molar-refractivity contribution in [2.45, 2.75) is 6.92 Å². The lowest BCUT2D eigenvalue weighted by Crippen LogP contribution is -1.92. The van der Waals surface area contributed by atoms with Gasteiger partial charge in [-0.15, -0.1) is 0 Å². The van der Waals surface area contributed by atoms with Gasteiger partial charge in [0.05, 0.1) is 46.8 Å². The Kier molecular flexibility index (Phi) is 3.63. The minimum absolute atomic E-state index is 0.622. The molecule has 9 nitrogen and oxygen atoms in total. The SMILES string of the molecule is Cc1cn(-c2cncc3[nH]c(-c4n[nH]c5ccc(-c6cncc(N)c6)cc45)nc23)cn1. The van der Waals surface area contributed by atoms with Gasteiger partial charge >= 0.3 is 0 Å². The van der Waals surface area contributed by atoms with Gasteiger partial charge in [-0.3, -0.25) is 15.1 Å². The molecule has 5 heterocycles. The highest BCUT2D eigenvalue weighted by Crippen LogP contribution is 2.31. The molecule has 4 N–H and O–H groups in total. The van der Waals surface area contributed by atoms with Crippen LogP contribution >= 0.6 is 0 Å². The third-order valence-corrected chi connectivity index (χ3v) is 5.24. The molecule has 1 aromatic carbocycles. The molecule has 5 aromatic heterocycles. The molecular formula is C22H17N9. The number of hydrogen-bond donors (Lipinski definition) is 3. The summed E-state index contributed by atoms with van der Waals surface area (Å²) < 4.78 is 1.92. The molecule has 0 atom stereocenters. The zero-order chi connectivity index (χ0) is 20.9. The van der Waals surface area contributed by atoms with Crippen molar-refractivity contribution in [3.8, 4) is 28.3 Å². The number of nitrogen functional groups attached to an aromatic ring is 1. The third-order valence-electron chi connectivity index (χ3n) is 5.24. The molecule has 0 unspecified atom stereocenters. The fourth-order valence-corrected chi connectivity index (χ4v) is 3.76. The smallest absolute Gasteiger partial charge is 0.159 e. The van der Waals surface area contributed by atoms with Crippen LogP contribution in [0.1, 0.15) is 5.69 Å². The average Bonchev–Trinajstić information content (AvgIpc) is 3.50. The molecule has 0 aliphatic heterocycles. The fourth-order valence-electron chi connectivity index (χ4n) is 3.76. The highest BCUT2D eigenvalue weighted by molar-refractivity contribution is 5.96. The summed E-state index contributed by atoms with van der Waals surface area (Å²) in [4.78, 5) is 21.1. The molecule has 0 bridgehead atoms. The molecule has 31 heavy (non-hydrogen) atoms. The predicted molar refractivity (Wildman–Crippen MR) is 118 cm³/mol. The van der Waals surface area contributed by atoms with Crippen LogP contribution in [0.2, 0.25) is 0 Å². The lowest BCUT2D eigenvalue weighted by atomic mass is 10.0. The number of benzene rings is 1. The number of nitrogens with two attached hydrogens (primary N) is 1. The summed E-state index contributed by atoms with van der Waals surface area (Å²) in [6.07, 6.45) is 10.7. The molecule has 9 heteroatoms. The van der Waals surface area contributed by atoms with Crippen LogP contribution in [0.3, 0.4) is 0 Å². The van der Waals surface area contributed by atoms with Gasteiger partial charge in [0.15, 0.2) is 5.82 Å². The van der Waals surface area contributed by atoms with Crippen LogP contribution in [-0.2, 0) is 0 Å². The van der Waals surface area contributed by atoms with Crippen molar-refractivity contribution in [1.82, 2.24) is 39.7 Å². The van der Waals surface area contributed by atoms with Gasteiger partial charge in [0.25, 0.3) is 0 Å². The first kappa shape index (κ1) is 17.3. The molecule has 0 saturated carbocycles. The van der Waals surface area contributed by atoms with Crippen molar-refractivity contribution >= 4 is 27.6 Å². The predicted octanol–water partition coefficient (Wildman–Crippen LogP) is 3.64. The number of aryl methyl sites for hydroxylation is 1. The van der Waals surface area contributed by atoms with E-state index in [0.29, 0.717) is 11.5 Å². The summed E-state index contributed by atoms with van der Waals surface area (Å²) in [7, 11) is 0. The van der Waals surface area contributed by atoms with Gasteiger partial charge in [0.2, 0.25) is 0 Å². The van der Waals surface area contributed by atoms with Crippen molar-refractivity contribution in [2.75, 3.05) is 5.73 Å². The van der Waals surface area contributed by atoms with Crippen molar-refractivity contribution in [2.24, 2.45) is 0 Å². The van der Waals surface area contributed by atoms with Crippen LogP contribution in [0.15, 0.2) is 61.6 Å². The summed E-state index contributed by atoms with van der Waals surface area (Å²) >= 11 is 0. The maximum atomic E-state index is 5.91. The van der Waals surface area contributed by atoms with Gasteiger partial charge in [-0.05, 0) is 30.7 Å². The quantitative estimate of drug-likeness (QED) is 0.411. The first-order valence-corrected chi connectivity index (χ1v) is 9.70. The summed E-state index contributed by atoms with van der Waals surface area (Å²) in [5.41, 5.74) is 13.5. The minimum Gasteiger partial charge on any atom is -0.397 e. The van der Waals surface area contributed by atoms with E-state index in [0.717, 1.165) is 50.1 Å². The lowest BCUT2D eigenvalue weighted by Gasteiger charge is -2.03. The average molecular weight is 407 g/mol. The van der Waals surface area contributed by atoms with Crippen LogP contribution in [0.25, 0.3) is 50.3 Å². The zero-order valence-electron chi connectivity index (χ0n) is 16.5. The molecule has 6 aromatic rings. The molecule has 0 spiro atoms. The van der Waals surface area contributed by atoms with Gasteiger partial charge < -0.3 is 15.3 Å². The number of rotatable bonds is 3. The number of H-pyrrole nitrogens is 2. The second-order valence-electron chi connectivity index (χ2n) is 7.40. The fraction of sp³-hybridized carbons (Fsp3) is 0.0455. The summed E-state index contributed by atoms with van der Waals surface area (Å²) in [5, 5.41) is 8.56. The van der Waals surface area contributed by atoms with Crippen molar-refractivity contribution in [3.05, 3.63) is 67.3 Å². The van der Waals surface area contributed by atoms with Crippen molar-refractivity contribution in [1.29, 1.82) is 0 Å². The number of aromatic nitrogens is 8. The van der Waals surface area contributed by atoms with Crippen LogP contribution in [0.4, 0.5) is 5.69 Å². The van der Waals surface area contributed by atoms with Gasteiger partial charge in [0, 0.05) is 29.5 Å². The molecule has 6 rings (SSSR count). The topological polar surface area (TPSA) is 127 Å². The lowest BCUT2D eigenvalue weighted by molar-refractivity contribution is 1.05. The van der Waals surface area contributed by atoms with Crippen molar-refractivity contribution < 1.29 is 0 Å². The Morgan fingerprint density at radius 3 is 2.71 bits per heavy atom. The number of fused-ring (bicyclic) bond motifs is 2. The molecule has 0 amide bonds. The van der Waals surface area contributed by atoms with E-state index in [1.807, 2.05) is 35.9 Å². The first-order chi connectivity index (χ1) is 15.2. The summed E-state index contributed by atoms with van der Waals surface area (Å²) in [6, 6.07) is 7.98. The Morgan fingerprint density at radius 2 is 1.87 bits per heavy atom. The Bertz CT molecular complexity index is 1570. The largest absolute Gasteiger partial charge is 0.397 e. The van der Waals surface area contributed by atoms with Crippen LogP contribution in [0.5, 0.6) is 0 Å². The van der Waals surface area contributed by atoms with E-state index >= 15 is 0 Å². The molecule has 0 radical (unpaired) electrons. The van der Waals surface area contributed by atoms with Gasteiger partial charge in [-0.25, -0.2) is 9.97 Å². The number of hydrogen-bond acceptors (Lipinski definition) is 6. The normalized spacial score (nSPS) is 11.5. The maximum absolute atomic E-state index is 5.91. The standard InChI is InChI=1S/C22H17N9/c1-12-10-31(11-26-12)19-9-25-8-18-21(19)28-22(27-18)20-16-5-13(2-3-17(16)29-30-20)14-4-15(23)7-24-6-14/h2-11H,23H2,1H3,(H,27,28)(H,29,30). The Hall–Kier alpha value is -4.53. The highest BCUT2D eigenvalue weighted by atomic mass is 15.1. The van der Waals surface area contributed by atoms with E-state index < -0.39 is 0 Å². The Labute approximate surface area is 176 Å². The monoisotopic (exact) mass is 407 g/mol. The van der Waals surface area contributed by atoms with E-state index in [1.54, 1.807) is 31.1 Å². The third kappa shape index (κ3) is 2.83. The van der Waals surface area contributed by atoms with Crippen LogP contribution in [0, 0.1) is 6.92 Å². The van der Waals surface area contributed by atoms with Gasteiger partial charge in [-0.2, -0.15) is 5.10 Å². The van der Waals surface area contributed by atoms with E-state index in [2.05, 4.69) is 36.2 Å². The van der Waals surface area contributed by atoms with Gasteiger partial charge in [-0.1, -0.05) is 6.07 Å². The van der Waals surface area contributed by atoms with E-state index in [1.165, 1.54) is 0 Å².